The summed E-state index contributed by atoms with van der Waals surface area (Å²) in [7, 11) is 1.95. The summed E-state index contributed by atoms with van der Waals surface area (Å²) in [5.74, 6) is 0.478. The molecule has 0 bridgehead atoms. The van der Waals surface area contributed by atoms with E-state index in [0.717, 1.165) is 44.1 Å². The molecule has 2 amide bonds. The van der Waals surface area contributed by atoms with E-state index in [1.165, 1.54) is 5.56 Å². The zero-order valence-electron chi connectivity index (χ0n) is 19.5. The van der Waals surface area contributed by atoms with Crippen molar-refractivity contribution in [3.05, 3.63) is 71.8 Å². The van der Waals surface area contributed by atoms with Crippen LogP contribution in [0.1, 0.15) is 43.2 Å². The number of carbonyl (C=O) groups is 2. The van der Waals surface area contributed by atoms with Gasteiger partial charge < -0.3 is 14.5 Å². The molecule has 0 aliphatic carbocycles. The zero-order valence-corrected chi connectivity index (χ0v) is 19.5. The number of amides is 2. The Morgan fingerprint density at radius 1 is 0.939 bits per heavy atom. The van der Waals surface area contributed by atoms with Gasteiger partial charge in [-0.2, -0.15) is 0 Å². The van der Waals surface area contributed by atoms with E-state index in [1.807, 2.05) is 41.1 Å². The maximum absolute atomic E-state index is 13.9. The number of rotatable bonds is 4. The lowest BCUT2D eigenvalue weighted by Gasteiger charge is -2.44. The van der Waals surface area contributed by atoms with Gasteiger partial charge >= 0.3 is 0 Å². The number of likely N-dealkylation sites (tertiary alicyclic amines) is 2. The summed E-state index contributed by atoms with van der Waals surface area (Å²) in [5, 5.41) is 0. The molecule has 1 spiro atoms. The molecule has 5 heteroatoms. The second kappa shape index (κ2) is 8.94. The summed E-state index contributed by atoms with van der Waals surface area (Å²) in [5.41, 5.74) is 1.55. The minimum Gasteiger partial charge on any atom is -0.381 e. The van der Waals surface area contributed by atoms with Crippen LogP contribution in [0.2, 0.25) is 0 Å². The second-order valence-corrected chi connectivity index (χ2v) is 10.1. The fourth-order valence-electron chi connectivity index (χ4n) is 6.27. The van der Waals surface area contributed by atoms with Gasteiger partial charge in [0.05, 0.1) is 10.8 Å². The fourth-order valence-corrected chi connectivity index (χ4v) is 6.27. The summed E-state index contributed by atoms with van der Waals surface area (Å²) < 4.78 is 5.63. The molecule has 5 nitrogen and oxygen atoms in total. The van der Waals surface area contributed by atoms with Crippen LogP contribution in [0, 0.1) is 5.41 Å². The van der Waals surface area contributed by atoms with E-state index in [-0.39, 0.29) is 23.3 Å². The third kappa shape index (κ3) is 3.97. The Morgan fingerprint density at radius 3 is 2.18 bits per heavy atom. The maximum Gasteiger partial charge on any atom is 0.233 e. The number of ether oxygens (including phenoxy) is 1. The molecular weight excluding hydrogens is 412 g/mol. The first-order valence-corrected chi connectivity index (χ1v) is 12.3. The van der Waals surface area contributed by atoms with E-state index in [4.69, 9.17) is 4.74 Å². The average Bonchev–Trinajstić information content (AvgIpc) is 3.10. The van der Waals surface area contributed by atoms with Crippen molar-refractivity contribution in [3.8, 4) is 0 Å². The van der Waals surface area contributed by atoms with Gasteiger partial charge in [-0.15, -0.1) is 0 Å². The van der Waals surface area contributed by atoms with E-state index in [1.54, 1.807) is 0 Å². The molecule has 0 N–H and O–H groups in total. The van der Waals surface area contributed by atoms with Crippen LogP contribution in [-0.4, -0.2) is 61.0 Å². The van der Waals surface area contributed by atoms with Crippen LogP contribution in [0.4, 0.5) is 0 Å². The molecule has 1 unspecified atom stereocenters. The normalized spacial score (nSPS) is 24.3. The molecule has 3 saturated heterocycles. The predicted octanol–water partition coefficient (Wildman–Crippen LogP) is 3.82. The molecule has 0 saturated carbocycles. The fraction of sp³-hybridized carbons (Fsp3) is 0.500. The summed E-state index contributed by atoms with van der Waals surface area (Å²) in [6.07, 6.45) is 4.74. The largest absolute Gasteiger partial charge is 0.381 e. The number of benzene rings is 2. The minimum atomic E-state index is -0.504. The van der Waals surface area contributed by atoms with Gasteiger partial charge in [0.25, 0.3) is 0 Å². The lowest BCUT2D eigenvalue weighted by atomic mass is 9.71. The Morgan fingerprint density at radius 2 is 1.55 bits per heavy atom. The highest BCUT2D eigenvalue weighted by Gasteiger charge is 2.53. The lowest BCUT2D eigenvalue weighted by Crippen LogP contribution is -2.54. The molecule has 3 aliphatic heterocycles. The minimum absolute atomic E-state index is 0.214. The van der Waals surface area contributed by atoms with Crippen molar-refractivity contribution in [1.82, 2.24) is 9.80 Å². The molecule has 1 atom stereocenters. The summed E-state index contributed by atoms with van der Waals surface area (Å²) in [6.45, 7) is 2.55. The highest BCUT2D eigenvalue weighted by atomic mass is 16.5. The van der Waals surface area contributed by atoms with Crippen molar-refractivity contribution in [1.29, 1.82) is 0 Å². The molecule has 3 fully saturated rings. The van der Waals surface area contributed by atoms with Gasteiger partial charge in [0.15, 0.2) is 0 Å². The van der Waals surface area contributed by atoms with E-state index in [0.29, 0.717) is 26.3 Å². The second-order valence-electron chi connectivity index (χ2n) is 10.1. The highest BCUT2D eigenvalue weighted by Crippen LogP contribution is 2.46. The van der Waals surface area contributed by atoms with Crippen molar-refractivity contribution in [2.45, 2.75) is 50.0 Å². The zero-order chi connectivity index (χ0) is 22.9. The number of piperidine rings is 1. The quantitative estimate of drug-likeness (QED) is 0.718. The molecular formula is C28H34N2O3. The number of hydrogen-bond acceptors (Lipinski definition) is 3. The lowest BCUT2D eigenvalue weighted by molar-refractivity contribution is -0.147. The smallest absolute Gasteiger partial charge is 0.233 e. The molecule has 2 aromatic carbocycles. The van der Waals surface area contributed by atoms with Crippen LogP contribution in [-0.2, 0) is 26.2 Å². The molecule has 3 heterocycles. The Labute approximate surface area is 196 Å². The van der Waals surface area contributed by atoms with Gasteiger partial charge in [-0.1, -0.05) is 60.7 Å². The van der Waals surface area contributed by atoms with Gasteiger partial charge in [-0.25, -0.2) is 0 Å². The number of nitrogens with zero attached hydrogens (tertiary/aromatic N) is 2. The molecule has 0 radical (unpaired) electrons. The summed E-state index contributed by atoms with van der Waals surface area (Å²) in [4.78, 5) is 31.3. The summed E-state index contributed by atoms with van der Waals surface area (Å²) >= 11 is 0. The number of carbonyl (C=O) groups excluding carboxylic acids is 2. The predicted molar refractivity (Wildman–Crippen MR) is 128 cm³/mol. The van der Waals surface area contributed by atoms with E-state index in [9.17, 15) is 9.59 Å². The SMILES string of the molecule is CN1C(=O)C2(CCN(C(=O)C3(c4ccccc4)CCOCC3)CC2)CC1Cc1ccccc1. The van der Waals surface area contributed by atoms with Crippen molar-refractivity contribution < 1.29 is 14.3 Å². The molecule has 2 aromatic rings. The van der Waals surface area contributed by atoms with Crippen molar-refractivity contribution in [3.63, 3.8) is 0 Å². The van der Waals surface area contributed by atoms with Crippen LogP contribution in [0.15, 0.2) is 60.7 Å². The third-order valence-electron chi connectivity index (χ3n) is 8.35. The first kappa shape index (κ1) is 22.1. The first-order chi connectivity index (χ1) is 16.0. The van der Waals surface area contributed by atoms with Gasteiger partial charge in [0.1, 0.15) is 0 Å². The van der Waals surface area contributed by atoms with Gasteiger partial charge in [-0.3, -0.25) is 9.59 Å². The Bertz CT molecular complexity index is 977. The van der Waals surface area contributed by atoms with Gasteiger partial charge in [0, 0.05) is 39.4 Å². The van der Waals surface area contributed by atoms with E-state index < -0.39 is 5.41 Å². The van der Waals surface area contributed by atoms with Crippen molar-refractivity contribution in [2.75, 3.05) is 33.4 Å². The maximum atomic E-state index is 13.9. The Hall–Kier alpha value is -2.66. The van der Waals surface area contributed by atoms with Crippen LogP contribution in [0.5, 0.6) is 0 Å². The van der Waals surface area contributed by atoms with Crippen LogP contribution in [0.3, 0.4) is 0 Å². The molecule has 5 rings (SSSR count). The Balaban J connectivity index is 1.30. The first-order valence-electron chi connectivity index (χ1n) is 12.3. The van der Waals surface area contributed by atoms with Gasteiger partial charge in [0.2, 0.25) is 11.8 Å². The molecule has 33 heavy (non-hydrogen) atoms. The number of likely N-dealkylation sites (N-methyl/N-ethyl adjacent to an activating group) is 1. The van der Waals surface area contributed by atoms with Crippen molar-refractivity contribution >= 4 is 11.8 Å². The highest BCUT2D eigenvalue weighted by molar-refractivity contribution is 5.89. The molecule has 174 valence electrons. The van der Waals surface area contributed by atoms with E-state index >= 15 is 0 Å². The van der Waals surface area contributed by atoms with E-state index in [2.05, 4.69) is 36.4 Å². The number of hydrogen-bond donors (Lipinski definition) is 0. The average molecular weight is 447 g/mol. The van der Waals surface area contributed by atoms with Crippen LogP contribution in [0.25, 0.3) is 0 Å². The molecule has 0 aromatic heterocycles. The summed E-state index contributed by atoms with van der Waals surface area (Å²) in [6, 6.07) is 20.9. The van der Waals surface area contributed by atoms with Gasteiger partial charge in [-0.05, 0) is 49.7 Å². The topological polar surface area (TPSA) is 49.9 Å². The third-order valence-corrected chi connectivity index (χ3v) is 8.35. The van der Waals surface area contributed by atoms with Crippen molar-refractivity contribution in [2.24, 2.45) is 5.41 Å². The molecule has 3 aliphatic rings. The van der Waals surface area contributed by atoms with Crippen LogP contribution >= 0.6 is 0 Å². The standard InChI is InChI=1S/C28H34N2O3/c1-29-24(20-22-8-4-2-5-9-22)21-27(25(29)31)12-16-30(17-13-27)26(32)28(14-18-33-19-15-28)23-10-6-3-7-11-23/h2-11,24H,12-21H2,1H3. The Kier molecular flexibility index (Phi) is 6.00. The van der Waals surface area contributed by atoms with Crippen LogP contribution < -0.4 is 0 Å². The monoisotopic (exact) mass is 446 g/mol.